The van der Waals surface area contributed by atoms with Crippen LogP contribution in [0.5, 0.6) is 0 Å². The third kappa shape index (κ3) is 6.73. The zero-order valence-corrected chi connectivity index (χ0v) is 22.0. The van der Waals surface area contributed by atoms with E-state index in [1.54, 1.807) is 18.6 Å². The molecule has 0 radical (unpaired) electrons. The summed E-state index contributed by atoms with van der Waals surface area (Å²) in [5.41, 5.74) is 3.73. The zero-order valence-electron chi connectivity index (χ0n) is 21.0. The third-order valence-electron chi connectivity index (χ3n) is 5.84. The monoisotopic (exact) mass is 503 g/mol. The molecule has 4 rings (SSSR count). The number of carbonyl (C=O) groups is 1. The predicted molar refractivity (Wildman–Crippen MR) is 145 cm³/mol. The number of hydrogen-bond donors (Lipinski definition) is 3. The fourth-order valence-corrected chi connectivity index (χ4v) is 4.52. The maximum atomic E-state index is 11.9. The fraction of sp³-hybridized carbons (Fsp3) is 0.346. The molecule has 3 aromatic heterocycles. The van der Waals surface area contributed by atoms with Gasteiger partial charge < -0.3 is 20.3 Å². The van der Waals surface area contributed by atoms with Crippen LogP contribution in [0.2, 0.25) is 25.7 Å². The topological polar surface area (TPSA) is 116 Å². The lowest BCUT2D eigenvalue weighted by Gasteiger charge is -2.27. The lowest BCUT2D eigenvalue weighted by molar-refractivity contribution is -0.120. The molecule has 0 unspecified atom stereocenters. The zero-order chi connectivity index (χ0) is 25.5. The number of anilines is 2. The first-order valence-electron chi connectivity index (χ1n) is 12.1. The Morgan fingerprint density at radius 3 is 2.83 bits per heavy atom. The van der Waals surface area contributed by atoms with Gasteiger partial charge in [-0.25, -0.2) is 4.98 Å². The predicted octanol–water partition coefficient (Wildman–Crippen LogP) is 3.62. The van der Waals surface area contributed by atoms with Crippen molar-refractivity contribution in [2.24, 2.45) is 0 Å². The maximum absolute atomic E-state index is 11.9. The van der Waals surface area contributed by atoms with E-state index in [4.69, 9.17) is 15.1 Å². The Hall–Kier alpha value is -3.63. The van der Waals surface area contributed by atoms with Gasteiger partial charge in [0, 0.05) is 51.3 Å². The molecule has 1 aliphatic heterocycles. The van der Waals surface area contributed by atoms with Gasteiger partial charge in [-0.15, -0.1) is 0 Å². The van der Waals surface area contributed by atoms with E-state index in [0.717, 1.165) is 17.3 Å². The van der Waals surface area contributed by atoms with Crippen molar-refractivity contribution >= 4 is 31.2 Å². The van der Waals surface area contributed by atoms with Crippen LogP contribution in [0.3, 0.4) is 0 Å². The summed E-state index contributed by atoms with van der Waals surface area (Å²) in [6.07, 6.45) is 5.20. The van der Waals surface area contributed by atoms with E-state index in [0.29, 0.717) is 49.2 Å². The molecular formula is C26H33N7O2Si. The number of piperazine rings is 1. The summed E-state index contributed by atoms with van der Waals surface area (Å²) in [6, 6.07) is 12.3. The number of nitrogens with zero attached hydrogens (tertiary/aromatic N) is 4. The molecule has 0 bridgehead atoms. The second-order valence-electron chi connectivity index (χ2n) is 9.92. The molecule has 1 aliphatic rings. The van der Waals surface area contributed by atoms with Crippen molar-refractivity contribution in [2.45, 2.75) is 25.7 Å². The van der Waals surface area contributed by atoms with Gasteiger partial charge >= 0.3 is 0 Å². The van der Waals surface area contributed by atoms with Crippen LogP contribution in [0.15, 0.2) is 55.0 Å². The molecule has 0 atom stereocenters. The van der Waals surface area contributed by atoms with Crippen LogP contribution in [0.1, 0.15) is 11.3 Å². The van der Waals surface area contributed by atoms with Gasteiger partial charge in [0.15, 0.2) is 0 Å². The Morgan fingerprint density at radius 2 is 2.08 bits per heavy atom. The van der Waals surface area contributed by atoms with Crippen LogP contribution in [0.4, 0.5) is 11.5 Å². The van der Waals surface area contributed by atoms with Gasteiger partial charge in [0.1, 0.15) is 12.5 Å². The van der Waals surface area contributed by atoms with Gasteiger partial charge in [-0.1, -0.05) is 25.7 Å². The first-order chi connectivity index (χ1) is 17.3. The Kier molecular flexibility index (Phi) is 8.06. The summed E-state index contributed by atoms with van der Waals surface area (Å²) in [5, 5.41) is 15.2. The Labute approximate surface area is 212 Å². The van der Waals surface area contributed by atoms with Gasteiger partial charge in [0.05, 0.1) is 35.5 Å². The lowest BCUT2D eigenvalue weighted by atomic mass is 10.0. The number of carbonyl (C=O) groups excluding carboxylic acids is 1. The molecule has 0 spiro atoms. The van der Waals surface area contributed by atoms with E-state index in [1.165, 1.54) is 0 Å². The van der Waals surface area contributed by atoms with Crippen LogP contribution in [0.25, 0.3) is 11.3 Å². The van der Waals surface area contributed by atoms with Crippen molar-refractivity contribution in [3.63, 3.8) is 0 Å². The Morgan fingerprint density at radius 1 is 1.22 bits per heavy atom. The highest BCUT2D eigenvalue weighted by molar-refractivity contribution is 6.76. The summed E-state index contributed by atoms with van der Waals surface area (Å²) >= 11 is 0. The summed E-state index contributed by atoms with van der Waals surface area (Å²) in [5.74, 6) is 0.650. The first kappa shape index (κ1) is 25.5. The summed E-state index contributed by atoms with van der Waals surface area (Å²) in [6.45, 7) is 9.50. The van der Waals surface area contributed by atoms with Crippen molar-refractivity contribution in [1.82, 2.24) is 20.3 Å². The fourth-order valence-electron chi connectivity index (χ4n) is 3.77. The number of amides is 1. The number of aromatic nitrogens is 3. The molecule has 1 fully saturated rings. The highest BCUT2D eigenvalue weighted by atomic mass is 28.3. The third-order valence-corrected chi connectivity index (χ3v) is 7.55. The molecule has 4 heterocycles. The van der Waals surface area contributed by atoms with E-state index in [-0.39, 0.29) is 18.2 Å². The van der Waals surface area contributed by atoms with Gasteiger partial charge in [0.2, 0.25) is 5.91 Å². The highest BCUT2D eigenvalue weighted by Gasteiger charge is 2.20. The van der Waals surface area contributed by atoms with Crippen LogP contribution >= 0.6 is 0 Å². The van der Waals surface area contributed by atoms with Crippen molar-refractivity contribution in [3.05, 3.63) is 66.2 Å². The molecule has 9 nitrogen and oxygen atoms in total. The first-order valence-corrected chi connectivity index (χ1v) is 15.8. The maximum Gasteiger partial charge on any atom is 0.239 e. The quantitative estimate of drug-likeness (QED) is 0.167. The minimum atomic E-state index is -1.17. The molecular weight excluding hydrogens is 470 g/mol. The van der Waals surface area contributed by atoms with Gasteiger partial charge in [0.25, 0.3) is 0 Å². The Balaban J connectivity index is 1.59. The van der Waals surface area contributed by atoms with Crippen LogP contribution in [0, 0.1) is 5.41 Å². The average Bonchev–Trinajstić information content (AvgIpc) is 2.88. The minimum Gasteiger partial charge on any atom is -0.362 e. The van der Waals surface area contributed by atoms with E-state index in [1.807, 2.05) is 41.3 Å². The number of nitrogens with one attached hydrogen (secondary N) is 3. The molecule has 1 saturated heterocycles. The van der Waals surface area contributed by atoms with E-state index in [2.05, 4.69) is 40.2 Å². The van der Waals surface area contributed by atoms with Crippen LogP contribution in [-0.2, 0) is 9.53 Å². The summed E-state index contributed by atoms with van der Waals surface area (Å²) < 4.78 is 5.83. The van der Waals surface area contributed by atoms with E-state index < -0.39 is 8.07 Å². The Bertz CT molecular complexity index is 1210. The van der Waals surface area contributed by atoms with Crippen molar-refractivity contribution < 1.29 is 9.53 Å². The minimum absolute atomic E-state index is 0.0283. The van der Waals surface area contributed by atoms with Gasteiger partial charge in [-0.05, 0) is 36.4 Å². The second-order valence-corrected chi connectivity index (χ2v) is 15.5. The molecule has 188 valence electrons. The van der Waals surface area contributed by atoms with Crippen molar-refractivity contribution in [1.29, 1.82) is 5.41 Å². The van der Waals surface area contributed by atoms with Gasteiger partial charge in [-0.3, -0.25) is 20.2 Å². The van der Waals surface area contributed by atoms with Crippen LogP contribution < -0.4 is 15.5 Å². The number of ether oxygens (including phenoxy) is 1. The molecule has 1 amide bonds. The SMILES string of the molecule is C[Si](C)(C)CCOCNc1cnc(-c2cccnc2)cc1C(=N)c1cccc(N2CCNC(=O)C2)n1. The van der Waals surface area contributed by atoms with E-state index >= 15 is 0 Å². The number of rotatable bonds is 10. The molecule has 10 heteroatoms. The molecule has 36 heavy (non-hydrogen) atoms. The summed E-state index contributed by atoms with van der Waals surface area (Å²) in [7, 11) is -1.17. The normalized spacial score (nSPS) is 13.9. The number of pyridine rings is 3. The standard InChI is InChI=1S/C26H33N7O2Si/c1-36(2,3)13-12-35-18-31-23-16-30-22(19-6-5-9-28-15-19)14-20(23)26(27)21-7-4-8-24(32-21)33-11-10-29-25(34)17-33/h4-9,14-16,27,31H,10-13,17-18H2,1-3H3,(H,29,34). The average molecular weight is 504 g/mol. The molecule has 0 aromatic carbocycles. The smallest absolute Gasteiger partial charge is 0.239 e. The van der Waals surface area contributed by atoms with E-state index in [9.17, 15) is 4.79 Å². The summed E-state index contributed by atoms with van der Waals surface area (Å²) in [4.78, 5) is 27.3. The second kappa shape index (κ2) is 11.4. The molecule has 3 N–H and O–H groups in total. The number of hydrogen-bond acceptors (Lipinski definition) is 8. The van der Waals surface area contributed by atoms with Crippen molar-refractivity contribution in [2.75, 3.05) is 43.2 Å². The van der Waals surface area contributed by atoms with Crippen molar-refractivity contribution in [3.8, 4) is 11.3 Å². The van der Waals surface area contributed by atoms with Crippen LogP contribution in [-0.4, -0.2) is 67.6 Å². The lowest BCUT2D eigenvalue weighted by Crippen LogP contribution is -2.48. The molecule has 0 saturated carbocycles. The largest absolute Gasteiger partial charge is 0.362 e. The molecule has 3 aromatic rings. The highest BCUT2D eigenvalue weighted by Crippen LogP contribution is 2.25. The van der Waals surface area contributed by atoms with Gasteiger partial charge in [-0.2, -0.15) is 0 Å². The molecule has 0 aliphatic carbocycles.